The Kier molecular flexibility index (Phi) is 7.60. The van der Waals surface area contributed by atoms with E-state index in [0.29, 0.717) is 24.3 Å². The molecule has 0 aliphatic carbocycles. The third-order valence-electron chi connectivity index (χ3n) is 2.53. The minimum atomic E-state index is -0.163. The first-order valence-electron chi connectivity index (χ1n) is 6.00. The number of nitrogens with zero attached hydrogens (tertiary/aromatic N) is 1. The number of amides is 2. The van der Waals surface area contributed by atoms with Crippen molar-refractivity contribution in [2.45, 2.75) is 13.8 Å². The van der Waals surface area contributed by atoms with Crippen molar-refractivity contribution < 1.29 is 9.59 Å². The van der Waals surface area contributed by atoms with Crippen LogP contribution in [0.2, 0.25) is 0 Å². The lowest BCUT2D eigenvalue weighted by molar-refractivity contribution is -0.121. The summed E-state index contributed by atoms with van der Waals surface area (Å²) in [7, 11) is 0. The minimum absolute atomic E-state index is 0. The summed E-state index contributed by atoms with van der Waals surface area (Å²) in [4.78, 5) is 25.1. The number of anilines is 1. The molecule has 0 radical (unpaired) electrons. The van der Waals surface area contributed by atoms with Gasteiger partial charge in [-0.3, -0.25) is 9.59 Å². The molecule has 6 heteroatoms. The summed E-state index contributed by atoms with van der Waals surface area (Å²) in [6, 6.07) is 6.68. The quantitative estimate of drug-likeness (QED) is 0.801. The van der Waals surface area contributed by atoms with Crippen molar-refractivity contribution in [3.8, 4) is 0 Å². The van der Waals surface area contributed by atoms with Crippen LogP contribution in [0.1, 0.15) is 24.2 Å². The smallest absolute Gasteiger partial charge is 0.254 e. The Bertz CT molecular complexity index is 420. The lowest BCUT2D eigenvalue weighted by atomic mass is 10.2. The second-order valence-corrected chi connectivity index (χ2v) is 3.89. The number of halogens is 1. The molecule has 0 saturated heterocycles. The normalized spacial score (nSPS) is 9.37. The molecule has 0 unspecified atom stereocenters. The Morgan fingerprint density at radius 3 is 2.26 bits per heavy atom. The Balaban J connectivity index is 0.00000324. The van der Waals surface area contributed by atoms with E-state index in [1.807, 2.05) is 13.8 Å². The van der Waals surface area contributed by atoms with Crippen LogP contribution in [0.15, 0.2) is 24.3 Å². The number of hydrogen-bond acceptors (Lipinski definition) is 3. The molecular formula is C13H20ClN3O2. The molecule has 0 aliphatic heterocycles. The molecule has 1 aromatic rings. The van der Waals surface area contributed by atoms with Crippen molar-refractivity contribution >= 4 is 29.9 Å². The number of likely N-dealkylation sites (N-methyl/N-ethyl adjacent to an activating group) is 2. The van der Waals surface area contributed by atoms with E-state index in [-0.39, 0.29) is 30.8 Å². The fraction of sp³-hybridized carbons (Fsp3) is 0.385. The molecule has 0 atom stereocenters. The molecule has 19 heavy (non-hydrogen) atoms. The number of nitrogens with one attached hydrogen (secondary N) is 1. The average Bonchev–Trinajstić information content (AvgIpc) is 2.36. The highest BCUT2D eigenvalue weighted by Gasteiger charge is 2.16. The Morgan fingerprint density at radius 2 is 1.79 bits per heavy atom. The monoisotopic (exact) mass is 285 g/mol. The third kappa shape index (κ3) is 5.18. The Labute approximate surface area is 119 Å². The van der Waals surface area contributed by atoms with Crippen molar-refractivity contribution in [2.24, 2.45) is 0 Å². The van der Waals surface area contributed by atoms with Gasteiger partial charge < -0.3 is 16.0 Å². The van der Waals surface area contributed by atoms with Crippen molar-refractivity contribution in [3.05, 3.63) is 29.8 Å². The maximum absolute atomic E-state index is 12.1. The highest BCUT2D eigenvalue weighted by molar-refractivity contribution is 5.96. The maximum Gasteiger partial charge on any atom is 0.254 e. The summed E-state index contributed by atoms with van der Waals surface area (Å²) < 4.78 is 0. The maximum atomic E-state index is 12.1. The number of nitrogens with two attached hydrogens (primary N) is 1. The van der Waals surface area contributed by atoms with E-state index in [9.17, 15) is 9.59 Å². The van der Waals surface area contributed by atoms with Gasteiger partial charge in [-0.25, -0.2) is 0 Å². The van der Waals surface area contributed by atoms with Crippen molar-refractivity contribution in [3.63, 3.8) is 0 Å². The van der Waals surface area contributed by atoms with Gasteiger partial charge in [0.2, 0.25) is 5.91 Å². The van der Waals surface area contributed by atoms with Crippen LogP contribution in [0.25, 0.3) is 0 Å². The Morgan fingerprint density at radius 1 is 1.21 bits per heavy atom. The van der Waals surface area contributed by atoms with Crippen LogP contribution in [0.4, 0.5) is 5.69 Å². The number of carbonyl (C=O) groups excluding carboxylic acids is 2. The molecule has 106 valence electrons. The molecular weight excluding hydrogens is 266 g/mol. The fourth-order valence-electron chi connectivity index (χ4n) is 1.56. The first-order valence-corrected chi connectivity index (χ1v) is 6.00. The van der Waals surface area contributed by atoms with Gasteiger partial charge in [0.05, 0.1) is 6.54 Å². The fourth-order valence-corrected chi connectivity index (χ4v) is 1.56. The number of hydrogen-bond donors (Lipinski definition) is 2. The molecule has 2 amide bonds. The molecule has 1 rings (SSSR count). The van der Waals surface area contributed by atoms with Gasteiger partial charge in [0.25, 0.3) is 5.91 Å². The van der Waals surface area contributed by atoms with Gasteiger partial charge in [0.15, 0.2) is 0 Å². The van der Waals surface area contributed by atoms with Gasteiger partial charge in [0.1, 0.15) is 0 Å². The molecule has 0 aliphatic rings. The van der Waals surface area contributed by atoms with E-state index >= 15 is 0 Å². The summed E-state index contributed by atoms with van der Waals surface area (Å²) in [5, 5.41) is 2.67. The molecule has 5 nitrogen and oxygen atoms in total. The van der Waals surface area contributed by atoms with Crippen molar-refractivity contribution in [2.75, 3.05) is 25.4 Å². The molecule has 0 fully saturated rings. The van der Waals surface area contributed by atoms with Gasteiger partial charge in [-0.1, -0.05) is 0 Å². The number of nitrogen functional groups attached to an aromatic ring is 1. The van der Waals surface area contributed by atoms with E-state index < -0.39 is 0 Å². The molecule has 3 N–H and O–H groups in total. The number of carbonyl (C=O) groups is 2. The molecule has 0 bridgehead atoms. The standard InChI is InChI=1S/C13H19N3O2.ClH/c1-3-15-12(17)9-16(4-2)13(18)10-5-7-11(14)8-6-10;/h5-8H,3-4,9,14H2,1-2H3,(H,15,17);1H. The predicted molar refractivity (Wildman–Crippen MR) is 78.4 cm³/mol. The molecule has 1 aromatic carbocycles. The predicted octanol–water partition coefficient (Wildman–Crippen LogP) is 1.29. The van der Waals surface area contributed by atoms with Gasteiger partial charge in [-0.15, -0.1) is 12.4 Å². The van der Waals surface area contributed by atoms with Crippen molar-refractivity contribution in [1.82, 2.24) is 10.2 Å². The van der Waals surface area contributed by atoms with Crippen LogP contribution in [-0.4, -0.2) is 36.3 Å². The van der Waals surface area contributed by atoms with Gasteiger partial charge in [0, 0.05) is 24.3 Å². The van der Waals surface area contributed by atoms with E-state index in [4.69, 9.17) is 5.73 Å². The lowest BCUT2D eigenvalue weighted by Crippen LogP contribution is -2.40. The second-order valence-electron chi connectivity index (χ2n) is 3.89. The zero-order valence-corrected chi connectivity index (χ0v) is 12.0. The highest BCUT2D eigenvalue weighted by atomic mass is 35.5. The lowest BCUT2D eigenvalue weighted by Gasteiger charge is -2.20. The zero-order valence-electron chi connectivity index (χ0n) is 11.2. The Hall–Kier alpha value is -1.75. The number of benzene rings is 1. The summed E-state index contributed by atoms with van der Waals surface area (Å²) in [6.07, 6.45) is 0. The van der Waals surface area contributed by atoms with E-state index in [1.54, 1.807) is 24.3 Å². The summed E-state index contributed by atoms with van der Waals surface area (Å²) in [6.45, 7) is 4.81. The van der Waals surface area contributed by atoms with Crippen LogP contribution in [0.5, 0.6) is 0 Å². The second kappa shape index (κ2) is 8.37. The largest absolute Gasteiger partial charge is 0.399 e. The van der Waals surface area contributed by atoms with Crippen molar-refractivity contribution in [1.29, 1.82) is 0 Å². The molecule has 0 heterocycles. The molecule has 0 aromatic heterocycles. The van der Waals surface area contributed by atoms with Gasteiger partial charge in [-0.05, 0) is 38.1 Å². The van der Waals surface area contributed by atoms with Gasteiger partial charge >= 0.3 is 0 Å². The summed E-state index contributed by atoms with van der Waals surface area (Å²) >= 11 is 0. The highest BCUT2D eigenvalue weighted by Crippen LogP contribution is 2.08. The minimum Gasteiger partial charge on any atom is -0.399 e. The molecule has 0 saturated carbocycles. The van der Waals surface area contributed by atoms with E-state index in [0.717, 1.165) is 0 Å². The van der Waals surface area contributed by atoms with Crippen LogP contribution < -0.4 is 11.1 Å². The van der Waals surface area contributed by atoms with E-state index in [2.05, 4.69) is 5.32 Å². The summed E-state index contributed by atoms with van der Waals surface area (Å²) in [5.41, 5.74) is 6.71. The SMILES string of the molecule is CCNC(=O)CN(CC)C(=O)c1ccc(N)cc1.Cl. The van der Waals surface area contributed by atoms with E-state index in [1.165, 1.54) is 4.90 Å². The average molecular weight is 286 g/mol. The first-order chi connectivity index (χ1) is 8.58. The summed E-state index contributed by atoms with van der Waals surface area (Å²) in [5.74, 6) is -0.313. The number of rotatable bonds is 5. The topological polar surface area (TPSA) is 75.4 Å². The van der Waals surface area contributed by atoms with Crippen LogP contribution >= 0.6 is 12.4 Å². The molecule has 0 spiro atoms. The first kappa shape index (κ1) is 17.2. The van der Waals surface area contributed by atoms with Crippen LogP contribution in [0.3, 0.4) is 0 Å². The van der Waals surface area contributed by atoms with Crippen LogP contribution in [-0.2, 0) is 4.79 Å². The van der Waals surface area contributed by atoms with Crippen LogP contribution in [0, 0.1) is 0 Å². The third-order valence-corrected chi connectivity index (χ3v) is 2.53. The zero-order chi connectivity index (χ0) is 13.5. The van der Waals surface area contributed by atoms with Gasteiger partial charge in [-0.2, -0.15) is 0 Å².